The lowest BCUT2D eigenvalue weighted by molar-refractivity contribution is 0.132. The third-order valence-corrected chi connectivity index (χ3v) is 8.29. The van der Waals surface area contributed by atoms with Crippen LogP contribution in [0.1, 0.15) is 62.7 Å². The van der Waals surface area contributed by atoms with Crippen LogP contribution < -0.4 is 15.4 Å². The summed E-state index contributed by atoms with van der Waals surface area (Å²) < 4.78 is 55.7. The zero-order valence-corrected chi connectivity index (χ0v) is 22.8. The molecule has 11 heteroatoms. The number of anilines is 1. The summed E-state index contributed by atoms with van der Waals surface area (Å²) in [5.41, 5.74) is 8.14. The average molecular weight is 555 g/mol. The Balaban J connectivity index is 1.13. The molecule has 8 nitrogen and oxygen atoms in total. The average Bonchev–Trinajstić information content (AvgIpc) is 3.56. The van der Waals surface area contributed by atoms with Crippen molar-refractivity contribution in [2.45, 2.75) is 70.6 Å². The van der Waals surface area contributed by atoms with Crippen molar-refractivity contribution in [3.05, 3.63) is 65.0 Å². The zero-order valence-electron chi connectivity index (χ0n) is 22.8. The van der Waals surface area contributed by atoms with Gasteiger partial charge >= 0.3 is 6.01 Å². The molecule has 212 valence electrons. The van der Waals surface area contributed by atoms with Gasteiger partial charge in [-0.05, 0) is 49.4 Å². The molecule has 0 amide bonds. The fraction of sp³-hybridized carbons (Fsp3) is 0.483. The Kier molecular flexibility index (Phi) is 6.93. The lowest BCUT2D eigenvalue weighted by atomic mass is 9.86. The Hall–Kier alpha value is -3.60. The molecule has 2 N–H and O–H groups in total. The second-order valence-corrected chi connectivity index (χ2v) is 11.3. The van der Waals surface area contributed by atoms with Gasteiger partial charge in [0.25, 0.3) is 0 Å². The Bertz CT molecular complexity index is 1530. The molecule has 2 aliphatic heterocycles. The van der Waals surface area contributed by atoms with Crippen LogP contribution in [0.4, 0.5) is 19.2 Å². The third-order valence-electron chi connectivity index (χ3n) is 8.29. The van der Waals surface area contributed by atoms with Crippen LogP contribution in [-0.2, 0) is 13.0 Å². The molecular weight excluding hydrogens is 521 g/mol. The maximum atomic E-state index is 14.5. The van der Waals surface area contributed by atoms with Gasteiger partial charge in [0.15, 0.2) is 17.5 Å². The van der Waals surface area contributed by atoms with E-state index in [2.05, 4.69) is 22.0 Å². The number of halogens is 3. The molecule has 2 aliphatic rings. The number of aromatic nitrogens is 4. The first-order valence-electron chi connectivity index (χ1n) is 13.8. The van der Waals surface area contributed by atoms with Crippen LogP contribution in [0.2, 0.25) is 0 Å². The van der Waals surface area contributed by atoms with Gasteiger partial charge in [0.05, 0.1) is 17.1 Å². The number of nitrogens with zero attached hydrogens (tertiary/aromatic N) is 5. The fourth-order valence-electron chi connectivity index (χ4n) is 5.90. The smallest absolute Gasteiger partial charge is 0.324 e. The predicted molar refractivity (Wildman–Crippen MR) is 144 cm³/mol. The van der Waals surface area contributed by atoms with E-state index in [9.17, 15) is 13.2 Å². The van der Waals surface area contributed by atoms with E-state index >= 15 is 0 Å². The largest absolute Gasteiger partial charge is 0.490 e. The number of imidazole rings is 1. The Morgan fingerprint density at radius 3 is 2.48 bits per heavy atom. The highest BCUT2D eigenvalue weighted by atomic mass is 19.2. The van der Waals surface area contributed by atoms with E-state index in [1.807, 2.05) is 36.6 Å². The molecule has 3 atom stereocenters. The molecule has 6 rings (SSSR count). The molecule has 0 radical (unpaired) electrons. The number of rotatable bonds is 6. The molecule has 0 bridgehead atoms. The summed E-state index contributed by atoms with van der Waals surface area (Å²) >= 11 is 0. The molecular formula is C29H33F3N6O2. The maximum Gasteiger partial charge on any atom is 0.324 e. The number of fused-ring (bicyclic) bond motifs is 3. The Morgan fingerprint density at radius 1 is 1.00 bits per heavy atom. The van der Waals surface area contributed by atoms with Gasteiger partial charge in [0.2, 0.25) is 0 Å². The van der Waals surface area contributed by atoms with Crippen LogP contribution in [0, 0.1) is 23.4 Å². The van der Waals surface area contributed by atoms with Gasteiger partial charge in [0.1, 0.15) is 17.4 Å². The Labute approximate surface area is 230 Å². The standard InChI is InChI=1S/C29H33F3N6O2/c1-15(2)28-35-29(40-36-28)37-8-6-17(7-9-37)16(3)39-18-4-5-26-25(10-18)34-27-12-20(24(33)14-38(26)27)19-11-22(31)23(32)13-21(19)30/h4-5,10-11,13,15-17,20,24H,6-9,12,14,33H2,1-3H3/t16-,20+,24-/m0/s1. The third kappa shape index (κ3) is 4.91. The summed E-state index contributed by atoms with van der Waals surface area (Å²) in [6.07, 6.45) is 2.21. The van der Waals surface area contributed by atoms with Gasteiger partial charge < -0.3 is 24.5 Å². The van der Waals surface area contributed by atoms with Crippen molar-refractivity contribution in [3.8, 4) is 5.75 Å². The molecule has 2 aromatic heterocycles. The monoisotopic (exact) mass is 554 g/mol. The normalized spacial score (nSPS) is 20.8. The summed E-state index contributed by atoms with van der Waals surface area (Å²) in [6, 6.07) is 7.41. The van der Waals surface area contributed by atoms with Crippen molar-refractivity contribution >= 4 is 17.0 Å². The van der Waals surface area contributed by atoms with Crippen molar-refractivity contribution in [2.75, 3.05) is 18.0 Å². The predicted octanol–water partition coefficient (Wildman–Crippen LogP) is 5.31. The SMILES string of the molecule is CC(C)c1noc(N2CCC([C@H](C)Oc3ccc4c(c3)nc3n4C[C@H](N)[C@@H](c4cc(F)c(F)cc4F)C3)CC2)n1. The van der Waals surface area contributed by atoms with Gasteiger partial charge in [-0.2, -0.15) is 4.98 Å². The van der Waals surface area contributed by atoms with Gasteiger partial charge in [-0.3, -0.25) is 0 Å². The van der Waals surface area contributed by atoms with Crippen molar-refractivity contribution in [3.63, 3.8) is 0 Å². The van der Waals surface area contributed by atoms with E-state index < -0.39 is 29.4 Å². The summed E-state index contributed by atoms with van der Waals surface area (Å²) in [6.45, 7) is 8.21. The second-order valence-electron chi connectivity index (χ2n) is 11.3. The molecule has 0 spiro atoms. The molecule has 0 unspecified atom stereocenters. The van der Waals surface area contributed by atoms with Gasteiger partial charge in [0, 0.05) is 56.1 Å². The van der Waals surface area contributed by atoms with Crippen LogP contribution in [0.15, 0.2) is 34.9 Å². The number of ether oxygens (including phenoxy) is 1. The first-order valence-corrected chi connectivity index (χ1v) is 13.8. The summed E-state index contributed by atoms with van der Waals surface area (Å²) in [4.78, 5) is 11.4. The van der Waals surface area contributed by atoms with Crippen molar-refractivity contribution in [2.24, 2.45) is 11.7 Å². The fourth-order valence-corrected chi connectivity index (χ4v) is 5.90. The van der Waals surface area contributed by atoms with E-state index in [1.165, 1.54) is 0 Å². The maximum absolute atomic E-state index is 14.5. The van der Waals surface area contributed by atoms with E-state index in [-0.39, 0.29) is 17.6 Å². The first kappa shape index (κ1) is 26.6. The molecule has 0 aliphatic carbocycles. The molecule has 0 saturated carbocycles. The van der Waals surface area contributed by atoms with Gasteiger partial charge in [-0.25, -0.2) is 18.2 Å². The highest BCUT2D eigenvalue weighted by Gasteiger charge is 2.33. The van der Waals surface area contributed by atoms with Gasteiger partial charge in [-0.1, -0.05) is 19.0 Å². The van der Waals surface area contributed by atoms with Crippen LogP contribution in [0.3, 0.4) is 0 Å². The van der Waals surface area contributed by atoms with E-state index in [1.54, 1.807) is 0 Å². The summed E-state index contributed by atoms with van der Waals surface area (Å²) in [7, 11) is 0. The number of nitrogens with two attached hydrogens (primary N) is 1. The highest BCUT2D eigenvalue weighted by Crippen LogP contribution is 2.35. The molecule has 40 heavy (non-hydrogen) atoms. The minimum absolute atomic E-state index is 0.0000923. The molecule has 1 saturated heterocycles. The number of hydrogen-bond acceptors (Lipinski definition) is 7. The van der Waals surface area contributed by atoms with Gasteiger partial charge in [-0.15, -0.1) is 0 Å². The number of piperidine rings is 1. The number of benzene rings is 2. The molecule has 1 fully saturated rings. The lowest BCUT2D eigenvalue weighted by Crippen LogP contribution is -2.39. The summed E-state index contributed by atoms with van der Waals surface area (Å²) in [5.74, 6) is -0.826. The first-order chi connectivity index (χ1) is 19.2. The van der Waals surface area contributed by atoms with Crippen LogP contribution in [0.5, 0.6) is 5.75 Å². The van der Waals surface area contributed by atoms with E-state index in [4.69, 9.17) is 20.0 Å². The van der Waals surface area contributed by atoms with Crippen molar-refractivity contribution in [1.82, 2.24) is 19.7 Å². The minimum Gasteiger partial charge on any atom is -0.490 e. The van der Waals surface area contributed by atoms with Crippen molar-refractivity contribution < 1.29 is 22.4 Å². The topological polar surface area (TPSA) is 95.2 Å². The van der Waals surface area contributed by atoms with Crippen LogP contribution >= 0.6 is 0 Å². The lowest BCUT2D eigenvalue weighted by Gasteiger charge is -2.33. The Morgan fingerprint density at radius 2 is 1.75 bits per heavy atom. The zero-order chi connectivity index (χ0) is 28.1. The number of hydrogen-bond donors (Lipinski definition) is 1. The molecule has 4 heterocycles. The van der Waals surface area contributed by atoms with Crippen molar-refractivity contribution in [1.29, 1.82) is 0 Å². The van der Waals surface area contributed by atoms with Crippen LogP contribution in [-0.4, -0.2) is 44.9 Å². The van der Waals surface area contributed by atoms with E-state index in [0.29, 0.717) is 31.0 Å². The highest BCUT2D eigenvalue weighted by molar-refractivity contribution is 5.78. The van der Waals surface area contributed by atoms with Crippen LogP contribution in [0.25, 0.3) is 11.0 Å². The van der Waals surface area contributed by atoms with E-state index in [0.717, 1.165) is 60.4 Å². The quantitative estimate of drug-likeness (QED) is 0.323. The molecule has 2 aromatic carbocycles. The molecule has 4 aromatic rings. The summed E-state index contributed by atoms with van der Waals surface area (Å²) in [5, 5.41) is 4.07. The minimum atomic E-state index is -1.21. The second kappa shape index (κ2) is 10.4.